The highest BCUT2D eigenvalue weighted by Crippen LogP contribution is 2.45. The summed E-state index contributed by atoms with van der Waals surface area (Å²) >= 11 is 0. The lowest BCUT2D eigenvalue weighted by Crippen LogP contribution is -2.12. The van der Waals surface area contributed by atoms with Crippen molar-refractivity contribution in [3.63, 3.8) is 0 Å². The molecular formula is C19H16O5. The maximum atomic E-state index is 12.6. The van der Waals surface area contributed by atoms with Crippen LogP contribution in [0.4, 0.5) is 0 Å². The second kappa shape index (κ2) is 4.54. The molecule has 2 heterocycles. The third-order valence-electron chi connectivity index (χ3n) is 4.26. The molecule has 0 saturated heterocycles. The Morgan fingerprint density at radius 1 is 0.958 bits per heavy atom. The predicted octanol–water partition coefficient (Wildman–Crippen LogP) is 4.40. The highest BCUT2D eigenvalue weighted by molar-refractivity contribution is 6.15. The zero-order valence-corrected chi connectivity index (χ0v) is 13.5. The summed E-state index contributed by atoms with van der Waals surface area (Å²) in [6.45, 7) is 5.87. The van der Waals surface area contributed by atoms with E-state index in [0.29, 0.717) is 27.5 Å². The molecule has 4 aromatic rings. The quantitative estimate of drug-likeness (QED) is 0.370. The fourth-order valence-corrected chi connectivity index (χ4v) is 3.12. The van der Waals surface area contributed by atoms with E-state index in [4.69, 9.17) is 8.83 Å². The summed E-state index contributed by atoms with van der Waals surface area (Å²) in [5.74, 6) is -0.655. The standard InChI is InChI=1S/C19H16O5/c1-19(2,3)10-8-11(20)15(21)17-13(10)14-16(24-17)9-6-4-5-7-12(9)23-18(14)22/h4-8,20-21H,1-3H3. The van der Waals surface area contributed by atoms with E-state index in [1.54, 1.807) is 18.2 Å². The van der Waals surface area contributed by atoms with Gasteiger partial charge in [-0.15, -0.1) is 0 Å². The number of furan rings is 1. The van der Waals surface area contributed by atoms with E-state index in [1.165, 1.54) is 6.07 Å². The molecule has 0 fully saturated rings. The van der Waals surface area contributed by atoms with Gasteiger partial charge in [-0.1, -0.05) is 32.9 Å². The van der Waals surface area contributed by atoms with Gasteiger partial charge in [0.1, 0.15) is 11.0 Å². The Morgan fingerprint density at radius 3 is 2.38 bits per heavy atom. The lowest BCUT2D eigenvalue weighted by molar-refractivity contribution is 0.400. The van der Waals surface area contributed by atoms with Crippen LogP contribution in [-0.4, -0.2) is 10.2 Å². The summed E-state index contributed by atoms with van der Waals surface area (Å²) in [6.07, 6.45) is 0. The van der Waals surface area contributed by atoms with Gasteiger partial charge in [-0.2, -0.15) is 0 Å². The number of hydrogen-bond acceptors (Lipinski definition) is 5. The molecular weight excluding hydrogens is 308 g/mol. The first kappa shape index (κ1) is 14.6. The second-order valence-corrected chi connectivity index (χ2v) is 6.94. The van der Waals surface area contributed by atoms with Crippen LogP contribution in [0.1, 0.15) is 26.3 Å². The third kappa shape index (κ3) is 1.84. The third-order valence-corrected chi connectivity index (χ3v) is 4.26. The maximum absolute atomic E-state index is 12.6. The molecule has 0 saturated carbocycles. The van der Waals surface area contributed by atoms with Crippen LogP contribution in [0.3, 0.4) is 0 Å². The highest BCUT2D eigenvalue weighted by atomic mass is 16.4. The number of hydrogen-bond donors (Lipinski definition) is 2. The fourth-order valence-electron chi connectivity index (χ4n) is 3.12. The minimum Gasteiger partial charge on any atom is -0.504 e. The van der Waals surface area contributed by atoms with Crippen LogP contribution < -0.4 is 5.63 Å². The average molecular weight is 324 g/mol. The minimum absolute atomic E-state index is 0.0959. The Labute approximate surface area is 136 Å². The molecule has 5 nitrogen and oxygen atoms in total. The van der Waals surface area contributed by atoms with E-state index >= 15 is 0 Å². The van der Waals surface area contributed by atoms with Gasteiger partial charge in [-0.05, 0) is 29.2 Å². The molecule has 2 aromatic carbocycles. The van der Waals surface area contributed by atoms with Crippen molar-refractivity contribution < 1.29 is 19.0 Å². The van der Waals surface area contributed by atoms with E-state index in [-0.39, 0.29) is 27.9 Å². The zero-order valence-electron chi connectivity index (χ0n) is 13.5. The molecule has 24 heavy (non-hydrogen) atoms. The Balaban J connectivity index is 2.37. The Hall–Kier alpha value is -2.95. The fraction of sp³-hybridized carbons (Fsp3) is 0.211. The SMILES string of the molecule is CC(C)(C)c1cc(O)c(O)c2oc3c4ccccc4oc(=O)c3c12. The van der Waals surface area contributed by atoms with Crippen LogP contribution in [0, 0.1) is 0 Å². The number of aromatic hydroxyl groups is 2. The molecule has 0 bridgehead atoms. The second-order valence-electron chi connectivity index (χ2n) is 6.94. The highest BCUT2D eigenvalue weighted by Gasteiger charge is 2.27. The van der Waals surface area contributed by atoms with Crippen LogP contribution in [-0.2, 0) is 5.41 Å². The van der Waals surface area contributed by atoms with Gasteiger partial charge in [0.2, 0.25) is 5.75 Å². The molecule has 2 N–H and O–H groups in total. The smallest absolute Gasteiger partial charge is 0.348 e. The summed E-state index contributed by atoms with van der Waals surface area (Å²) in [5.41, 5.74) is 0.655. The number of rotatable bonds is 0. The molecule has 4 rings (SSSR count). The van der Waals surface area contributed by atoms with Crippen LogP contribution in [0.2, 0.25) is 0 Å². The van der Waals surface area contributed by atoms with Crippen molar-refractivity contribution in [2.45, 2.75) is 26.2 Å². The minimum atomic E-state index is -0.530. The largest absolute Gasteiger partial charge is 0.504 e. The van der Waals surface area contributed by atoms with Crippen LogP contribution >= 0.6 is 0 Å². The van der Waals surface area contributed by atoms with Gasteiger partial charge in [0.15, 0.2) is 16.9 Å². The van der Waals surface area contributed by atoms with Crippen molar-refractivity contribution in [2.75, 3.05) is 0 Å². The summed E-state index contributed by atoms with van der Waals surface area (Å²) in [5, 5.41) is 21.7. The molecule has 0 atom stereocenters. The van der Waals surface area contributed by atoms with Gasteiger partial charge >= 0.3 is 5.63 Å². The summed E-state index contributed by atoms with van der Waals surface area (Å²) < 4.78 is 11.2. The first-order valence-electron chi connectivity index (χ1n) is 7.62. The van der Waals surface area contributed by atoms with Gasteiger partial charge in [-0.25, -0.2) is 4.79 Å². The van der Waals surface area contributed by atoms with Gasteiger partial charge in [0, 0.05) is 5.39 Å². The van der Waals surface area contributed by atoms with E-state index in [1.807, 2.05) is 26.8 Å². The van der Waals surface area contributed by atoms with Crippen molar-refractivity contribution in [3.05, 3.63) is 46.3 Å². The maximum Gasteiger partial charge on any atom is 0.348 e. The van der Waals surface area contributed by atoms with E-state index in [2.05, 4.69) is 0 Å². The number of para-hydroxylation sites is 1. The molecule has 0 amide bonds. The Morgan fingerprint density at radius 2 is 1.67 bits per heavy atom. The normalized spacial score (nSPS) is 12.5. The Kier molecular flexibility index (Phi) is 2.77. The molecule has 0 unspecified atom stereocenters. The van der Waals surface area contributed by atoms with E-state index in [0.717, 1.165) is 0 Å². The summed E-state index contributed by atoms with van der Waals surface area (Å²) in [7, 11) is 0. The molecule has 0 spiro atoms. The van der Waals surface area contributed by atoms with Crippen molar-refractivity contribution in [2.24, 2.45) is 0 Å². The van der Waals surface area contributed by atoms with Crippen molar-refractivity contribution in [1.82, 2.24) is 0 Å². The molecule has 2 aromatic heterocycles. The van der Waals surface area contributed by atoms with Crippen LogP contribution in [0.25, 0.3) is 32.9 Å². The predicted molar refractivity (Wildman–Crippen MR) is 91.8 cm³/mol. The topological polar surface area (TPSA) is 83.8 Å². The number of phenolic OH excluding ortho intramolecular Hbond substituents is 2. The van der Waals surface area contributed by atoms with Crippen LogP contribution in [0.5, 0.6) is 11.5 Å². The van der Waals surface area contributed by atoms with Crippen molar-refractivity contribution in [3.8, 4) is 11.5 Å². The average Bonchev–Trinajstić information content (AvgIpc) is 2.91. The van der Waals surface area contributed by atoms with Gasteiger partial charge in [0.25, 0.3) is 0 Å². The summed E-state index contributed by atoms with van der Waals surface area (Å²) in [4.78, 5) is 12.6. The lowest BCUT2D eigenvalue weighted by atomic mass is 9.84. The van der Waals surface area contributed by atoms with Gasteiger partial charge in [-0.3, -0.25) is 0 Å². The monoisotopic (exact) mass is 324 g/mol. The zero-order chi connectivity index (χ0) is 17.2. The van der Waals surface area contributed by atoms with Crippen LogP contribution in [0.15, 0.2) is 44.0 Å². The van der Waals surface area contributed by atoms with Gasteiger partial charge in [0.05, 0.1) is 5.39 Å². The van der Waals surface area contributed by atoms with Gasteiger partial charge < -0.3 is 19.0 Å². The van der Waals surface area contributed by atoms with E-state index in [9.17, 15) is 15.0 Å². The first-order valence-corrected chi connectivity index (χ1v) is 7.62. The molecule has 0 aliphatic rings. The first-order chi connectivity index (χ1) is 11.3. The lowest BCUT2D eigenvalue weighted by Gasteiger charge is -2.20. The Bertz CT molecular complexity index is 1170. The number of phenols is 2. The number of fused-ring (bicyclic) bond motifs is 5. The summed E-state index contributed by atoms with van der Waals surface area (Å²) in [6, 6.07) is 8.53. The number of benzene rings is 2. The molecule has 0 aliphatic carbocycles. The molecule has 5 heteroatoms. The van der Waals surface area contributed by atoms with Crippen molar-refractivity contribution in [1.29, 1.82) is 0 Å². The molecule has 122 valence electrons. The molecule has 0 radical (unpaired) electrons. The van der Waals surface area contributed by atoms with E-state index < -0.39 is 5.63 Å². The molecule has 0 aliphatic heterocycles. The van der Waals surface area contributed by atoms with Crippen molar-refractivity contribution >= 4 is 32.9 Å².